The van der Waals surface area contributed by atoms with Crippen molar-refractivity contribution in [2.45, 2.75) is 39.7 Å². The number of carbonyl (C=O) groups excluding carboxylic acids is 1. The highest BCUT2D eigenvalue weighted by molar-refractivity contribution is 5.73. The summed E-state index contributed by atoms with van der Waals surface area (Å²) < 4.78 is 0. The average Bonchev–Trinajstić information content (AvgIpc) is 2.96. The second-order valence-corrected chi connectivity index (χ2v) is 7.34. The molecule has 6 nitrogen and oxygen atoms in total. The van der Waals surface area contributed by atoms with Crippen molar-refractivity contribution in [1.82, 2.24) is 9.80 Å². The zero-order chi connectivity index (χ0) is 17.3. The lowest BCUT2D eigenvalue weighted by molar-refractivity contribution is -0.385. The van der Waals surface area contributed by atoms with Crippen LogP contribution in [0.3, 0.4) is 0 Å². The number of aryl methyl sites for hydroxylation is 1. The molecule has 0 atom stereocenters. The normalized spacial score (nSPS) is 20.5. The molecule has 0 bridgehead atoms. The molecule has 0 aromatic heterocycles. The maximum atomic E-state index is 11.6. The Morgan fingerprint density at radius 1 is 1.25 bits per heavy atom. The van der Waals surface area contributed by atoms with Gasteiger partial charge in [-0.1, -0.05) is 12.1 Å². The van der Waals surface area contributed by atoms with Crippen LogP contribution in [0.1, 0.15) is 37.3 Å². The number of piperidine rings is 1. The van der Waals surface area contributed by atoms with E-state index in [0.717, 1.165) is 57.5 Å². The Balaban J connectivity index is 1.59. The minimum absolute atomic E-state index is 0.182. The van der Waals surface area contributed by atoms with Crippen LogP contribution < -0.4 is 0 Å². The van der Waals surface area contributed by atoms with Crippen LogP contribution in [0.25, 0.3) is 0 Å². The number of rotatable bonds is 3. The molecule has 1 spiro atoms. The molecule has 0 N–H and O–H groups in total. The average molecular weight is 331 g/mol. The fourth-order valence-electron chi connectivity index (χ4n) is 4.01. The lowest BCUT2D eigenvalue weighted by Gasteiger charge is -2.39. The van der Waals surface area contributed by atoms with Gasteiger partial charge >= 0.3 is 0 Å². The molecular weight excluding hydrogens is 306 g/mol. The van der Waals surface area contributed by atoms with Gasteiger partial charge in [0.15, 0.2) is 0 Å². The quantitative estimate of drug-likeness (QED) is 0.631. The molecule has 1 aromatic carbocycles. The summed E-state index contributed by atoms with van der Waals surface area (Å²) in [4.78, 5) is 26.7. The summed E-state index contributed by atoms with van der Waals surface area (Å²) in [6.07, 6.45) is 3.31. The van der Waals surface area contributed by atoms with E-state index in [-0.39, 0.29) is 16.5 Å². The number of hydrogen-bond acceptors (Lipinski definition) is 4. The lowest BCUT2D eigenvalue weighted by atomic mass is 9.77. The molecule has 1 aromatic rings. The van der Waals surface area contributed by atoms with Crippen LogP contribution in [-0.4, -0.2) is 46.8 Å². The first-order valence-electron chi connectivity index (χ1n) is 8.60. The monoisotopic (exact) mass is 331 g/mol. The van der Waals surface area contributed by atoms with Crippen molar-refractivity contribution in [3.8, 4) is 0 Å². The molecule has 6 heteroatoms. The summed E-state index contributed by atoms with van der Waals surface area (Å²) in [5, 5.41) is 11.1. The van der Waals surface area contributed by atoms with Crippen molar-refractivity contribution in [1.29, 1.82) is 0 Å². The Bertz CT molecular complexity index is 651. The van der Waals surface area contributed by atoms with Gasteiger partial charge in [-0.25, -0.2) is 0 Å². The highest BCUT2D eigenvalue weighted by atomic mass is 16.6. The van der Waals surface area contributed by atoms with Gasteiger partial charge in [0.2, 0.25) is 5.91 Å². The number of nitro groups is 1. The molecule has 24 heavy (non-hydrogen) atoms. The molecule has 2 aliphatic heterocycles. The molecule has 2 heterocycles. The van der Waals surface area contributed by atoms with Gasteiger partial charge in [0.1, 0.15) is 0 Å². The van der Waals surface area contributed by atoms with Crippen LogP contribution in [0, 0.1) is 22.5 Å². The van der Waals surface area contributed by atoms with E-state index in [2.05, 4.69) is 4.90 Å². The van der Waals surface area contributed by atoms with Crippen molar-refractivity contribution in [2.24, 2.45) is 5.41 Å². The largest absolute Gasteiger partial charge is 0.342 e. The van der Waals surface area contributed by atoms with Gasteiger partial charge in [-0.3, -0.25) is 19.8 Å². The molecule has 0 radical (unpaired) electrons. The first-order chi connectivity index (χ1) is 11.4. The first kappa shape index (κ1) is 16.9. The number of nitrogens with zero attached hydrogens (tertiary/aromatic N) is 3. The highest BCUT2D eigenvalue weighted by Crippen LogP contribution is 2.40. The second kappa shape index (κ2) is 6.51. The molecule has 0 saturated carbocycles. The second-order valence-electron chi connectivity index (χ2n) is 7.34. The lowest BCUT2D eigenvalue weighted by Crippen LogP contribution is -2.41. The van der Waals surface area contributed by atoms with Crippen molar-refractivity contribution in [2.75, 3.05) is 26.2 Å². The molecule has 2 saturated heterocycles. The number of likely N-dealkylation sites (tertiary alicyclic amines) is 2. The summed E-state index contributed by atoms with van der Waals surface area (Å²) >= 11 is 0. The van der Waals surface area contributed by atoms with E-state index in [1.165, 1.54) is 0 Å². The van der Waals surface area contributed by atoms with Gasteiger partial charge in [-0.05, 0) is 50.3 Å². The fraction of sp³-hybridized carbons (Fsp3) is 0.611. The Hall–Kier alpha value is -1.95. The van der Waals surface area contributed by atoms with Crippen LogP contribution in [-0.2, 0) is 11.3 Å². The van der Waals surface area contributed by atoms with E-state index in [4.69, 9.17) is 0 Å². The summed E-state index contributed by atoms with van der Waals surface area (Å²) in [7, 11) is 0. The van der Waals surface area contributed by atoms with Gasteiger partial charge in [-0.2, -0.15) is 0 Å². The highest BCUT2D eigenvalue weighted by Gasteiger charge is 2.41. The van der Waals surface area contributed by atoms with E-state index < -0.39 is 0 Å². The smallest absolute Gasteiger partial charge is 0.272 e. The van der Waals surface area contributed by atoms with Crippen LogP contribution in [0.4, 0.5) is 5.69 Å². The SMILES string of the molecule is CC(=O)N1CCC2(CCN(Cc3ccc(C)c([N+](=O)[O-])c3)CC2)C1. The first-order valence-corrected chi connectivity index (χ1v) is 8.60. The minimum atomic E-state index is -0.307. The maximum Gasteiger partial charge on any atom is 0.272 e. The number of benzene rings is 1. The van der Waals surface area contributed by atoms with Crippen LogP contribution in [0.5, 0.6) is 0 Å². The number of amides is 1. The van der Waals surface area contributed by atoms with E-state index in [1.807, 2.05) is 17.0 Å². The summed E-state index contributed by atoms with van der Waals surface area (Å²) in [6, 6.07) is 5.52. The van der Waals surface area contributed by atoms with Gasteiger partial charge < -0.3 is 4.90 Å². The molecular formula is C18H25N3O3. The van der Waals surface area contributed by atoms with E-state index in [0.29, 0.717) is 11.0 Å². The predicted molar refractivity (Wildman–Crippen MR) is 91.6 cm³/mol. The summed E-state index contributed by atoms with van der Waals surface area (Å²) in [5.74, 6) is 0.182. The van der Waals surface area contributed by atoms with Gasteiger partial charge in [0.25, 0.3) is 5.69 Å². The Morgan fingerprint density at radius 2 is 1.92 bits per heavy atom. The molecule has 130 valence electrons. The fourth-order valence-corrected chi connectivity index (χ4v) is 4.01. The van der Waals surface area contributed by atoms with Gasteiger partial charge in [-0.15, -0.1) is 0 Å². The molecule has 3 rings (SSSR count). The molecule has 0 aliphatic carbocycles. The van der Waals surface area contributed by atoms with E-state index in [9.17, 15) is 14.9 Å². The predicted octanol–water partition coefficient (Wildman–Crippen LogP) is 2.74. The third kappa shape index (κ3) is 3.43. The minimum Gasteiger partial charge on any atom is -0.342 e. The van der Waals surface area contributed by atoms with Crippen LogP contribution >= 0.6 is 0 Å². The maximum absolute atomic E-state index is 11.6. The van der Waals surface area contributed by atoms with E-state index >= 15 is 0 Å². The van der Waals surface area contributed by atoms with Gasteiger partial charge in [0.05, 0.1) is 4.92 Å². The van der Waals surface area contributed by atoms with Crippen LogP contribution in [0.15, 0.2) is 18.2 Å². The van der Waals surface area contributed by atoms with Crippen molar-refractivity contribution >= 4 is 11.6 Å². The topological polar surface area (TPSA) is 66.7 Å². The summed E-state index contributed by atoms with van der Waals surface area (Å²) in [6.45, 7) is 7.95. The summed E-state index contributed by atoms with van der Waals surface area (Å²) in [5.41, 5.74) is 2.20. The molecule has 1 amide bonds. The van der Waals surface area contributed by atoms with Gasteiger partial charge in [0, 0.05) is 38.2 Å². The zero-order valence-electron chi connectivity index (χ0n) is 14.5. The van der Waals surface area contributed by atoms with Crippen molar-refractivity contribution in [3.05, 3.63) is 39.4 Å². The van der Waals surface area contributed by atoms with E-state index in [1.54, 1.807) is 19.9 Å². The third-order valence-electron chi connectivity index (χ3n) is 5.68. The Morgan fingerprint density at radius 3 is 2.50 bits per heavy atom. The zero-order valence-corrected chi connectivity index (χ0v) is 14.5. The number of carbonyl (C=O) groups is 1. The van der Waals surface area contributed by atoms with Crippen LogP contribution in [0.2, 0.25) is 0 Å². The molecule has 2 fully saturated rings. The standard InChI is InChI=1S/C18H25N3O3/c1-14-3-4-16(11-17(14)21(23)24)12-19-8-5-18(6-9-19)7-10-20(13-18)15(2)22/h3-4,11H,5-10,12-13H2,1-2H3. The number of hydrogen-bond donors (Lipinski definition) is 0. The molecule has 2 aliphatic rings. The Kier molecular flexibility index (Phi) is 4.58. The Labute approximate surface area is 142 Å². The molecule has 0 unspecified atom stereocenters. The third-order valence-corrected chi connectivity index (χ3v) is 5.68. The number of nitro benzene ring substituents is 1. The van der Waals surface area contributed by atoms with Crippen molar-refractivity contribution < 1.29 is 9.72 Å². The van der Waals surface area contributed by atoms with Crippen molar-refractivity contribution in [3.63, 3.8) is 0 Å².